The molecule has 0 aromatic rings. The van der Waals surface area contributed by atoms with Crippen molar-refractivity contribution in [1.29, 1.82) is 0 Å². The van der Waals surface area contributed by atoms with Crippen LogP contribution in [-0.2, 0) is 4.74 Å². The molecule has 48 valence electrons. The first kappa shape index (κ1) is 5.94. The maximum Gasteiger partial charge on any atom is 0.213 e. The average Bonchev–Trinajstić information content (AvgIpc) is 1.64. The predicted octanol–water partition coefficient (Wildman–Crippen LogP) is -0.512. The second-order valence-electron chi connectivity index (χ2n) is 1.78. The number of hydrogen-bond acceptors (Lipinski definition) is 3. The van der Waals surface area contributed by atoms with E-state index in [1.165, 1.54) is 5.01 Å². The fourth-order valence-electron chi connectivity index (χ4n) is 0.626. The Kier molecular flexibility index (Phi) is 1.77. The highest BCUT2D eigenvalue weighted by molar-refractivity contribution is 4.56. The Bertz CT molecular complexity index is 72.4. The Morgan fingerprint density at radius 2 is 2.50 bits per heavy atom. The lowest BCUT2D eigenvalue weighted by atomic mass is 10.5. The molecule has 1 aliphatic heterocycles. The van der Waals surface area contributed by atoms with E-state index in [1.54, 1.807) is 0 Å². The minimum absolute atomic E-state index is 0.194. The van der Waals surface area contributed by atoms with E-state index in [-0.39, 0.29) is 6.54 Å². The second kappa shape index (κ2) is 2.39. The van der Waals surface area contributed by atoms with E-state index < -0.39 is 6.36 Å². The molecule has 1 heterocycles. The maximum atomic E-state index is 12.1. The molecule has 0 aliphatic carbocycles. The van der Waals surface area contributed by atoms with Crippen molar-refractivity contribution in [3.63, 3.8) is 0 Å². The molecule has 2 N–H and O–H groups in total. The second-order valence-corrected chi connectivity index (χ2v) is 1.78. The van der Waals surface area contributed by atoms with Gasteiger partial charge in [-0.15, -0.1) is 0 Å². The van der Waals surface area contributed by atoms with Crippen LogP contribution >= 0.6 is 0 Å². The van der Waals surface area contributed by atoms with Crippen LogP contribution < -0.4 is 5.84 Å². The first-order valence-corrected chi connectivity index (χ1v) is 2.54. The summed E-state index contributed by atoms with van der Waals surface area (Å²) in [5.74, 6) is 5.24. The molecule has 1 fully saturated rings. The fourth-order valence-corrected chi connectivity index (χ4v) is 0.626. The number of halogens is 1. The molecule has 0 unspecified atom stereocenters. The van der Waals surface area contributed by atoms with Crippen LogP contribution in [0.3, 0.4) is 0 Å². The predicted molar refractivity (Wildman–Crippen MR) is 26.6 cm³/mol. The van der Waals surface area contributed by atoms with Crippen LogP contribution in [0.15, 0.2) is 0 Å². The molecule has 3 nitrogen and oxygen atoms in total. The summed E-state index contributed by atoms with van der Waals surface area (Å²) in [6.45, 7) is 1.22. The first-order valence-electron chi connectivity index (χ1n) is 2.54. The number of hydrazine groups is 1. The normalized spacial score (nSPS) is 33.0. The van der Waals surface area contributed by atoms with Gasteiger partial charge in [0.05, 0.1) is 13.2 Å². The standard InChI is InChI=1S/C4H9FN2O/c5-4-3-7(6)1-2-8-4/h4H,1-3,6H2/t4-/m0/s1. The fraction of sp³-hybridized carbons (Fsp3) is 1.00. The van der Waals surface area contributed by atoms with Crippen molar-refractivity contribution in [2.75, 3.05) is 19.7 Å². The van der Waals surface area contributed by atoms with E-state index >= 15 is 0 Å². The quantitative estimate of drug-likeness (QED) is 0.437. The van der Waals surface area contributed by atoms with E-state index in [4.69, 9.17) is 5.84 Å². The van der Waals surface area contributed by atoms with Crippen molar-refractivity contribution in [2.24, 2.45) is 5.84 Å². The van der Waals surface area contributed by atoms with Crippen molar-refractivity contribution in [1.82, 2.24) is 5.01 Å². The van der Waals surface area contributed by atoms with Gasteiger partial charge in [0.25, 0.3) is 0 Å². The number of ether oxygens (including phenoxy) is 1. The third-order valence-corrected chi connectivity index (χ3v) is 1.06. The zero-order valence-corrected chi connectivity index (χ0v) is 4.51. The SMILES string of the molecule is NN1CCO[C@H](F)C1. The summed E-state index contributed by atoms with van der Waals surface area (Å²) >= 11 is 0. The minimum Gasteiger partial charge on any atom is -0.346 e. The molecule has 0 saturated carbocycles. The van der Waals surface area contributed by atoms with Gasteiger partial charge >= 0.3 is 0 Å². The van der Waals surface area contributed by atoms with Crippen molar-refractivity contribution >= 4 is 0 Å². The van der Waals surface area contributed by atoms with Crippen molar-refractivity contribution in [2.45, 2.75) is 6.36 Å². The molecule has 1 rings (SSSR count). The van der Waals surface area contributed by atoms with Gasteiger partial charge in [-0.05, 0) is 0 Å². The summed E-state index contributed by atoms with van der Waals surface area (Å²) in [6, 6.07) is 0. The van der Waals surface area contributed by atoms with E-state index in [0.29, 0.717) is 13.2 Å². The van der Waals surface area contributed by atoms with Gasteiger partial charge in [0.2, 0.25) is 6.36 Å². The van der Waals surface area contributed by atoms with Crippen molar-refractivity contribution in [3.8, 4) is 0 Å². The number of morpholine rings is 1. The highest BCUT2D eigenvalue weighted by Crippen LogP contribution is 2.00. The number of nitrogens with zero attached hydrogens (tertiary/aromatic N) is 1. The van der Waals surface area contributed by atoms with Gasteiger partial charge in [-0.1, -0.05) is 0 Å². The molecule has 0 aromatic heterocycles. The third kappa shape index (κ3) is 1.40. The lowest BCUT2D eigenvalue weighted by Gasteiger charge is -2.24. The van der Waals surface area contributed by atoms with Gasteiger partial charge in [0.1, 0.15) is 0 Å². The van der Waals surface area contributed by atoms with E-state index in [1.807, 2.05) is 0 Å². The Balaban J connectivity index is 2.23. The van der Waals surface area contributed by atoms with Gasteiger partial charge in [0, 0.05) is 6.54 Å². The Labute approximate surface area is 47.2 Å². The van der Waals surface area contributed by atoms with Crippen LogP contribution in [-0.4, -0.2) is 31.1 Å². The highest BCUT2D eigenvalue weighted by Gasteiger charge is 2.15. The summed E-state index contributed by atoms with van der Waals surface area (Å²) < 4.78 is 16.6. The van der Waals surface area contributed by atoms with E-state index in [2.05, 4.69) is 4.74 Å². The molecule has 1 aliphatic rings. The van der Waals surface area contributed by atoms with Gasteiger partial charge in [-0.2, -0.15) is 0 Å². The Hall–Kier alpha value is -0.190. The average molecular weight is 120 g/mol. The Morgan fingerprint density at radius 3 is 2.88 bits per heavy atom. The maximum absolute atomic E-state index is 12.1. The summed E-state index contributed by atoms with van der Waals surface area (Å²) in [4.78, 5) is 0. The summed E-state index contributed by atoms with van der Waals surface area (Å²) in [5, 5.41) is 1.41. The molecular formula is C4H9FN2O. The van der Waals surface area contributed by atoms with Gasteiger partial charge in [-0.3, -0.25) is 5.84 Å². The molecule has 4 heteroatoms. The van der Waals surface area contributed by atoms with Crippen molar-refractivity contribution in [3.05, 3.63) is 0 Å². The third-order valence-electron chi connectivity index (χ3n) is 1.06. The molecule has 1 atom stereocenters. The number of alkyl halides is 1. The van der Waals surface area contributed by atoms with Crippen LogP contribution in [0, 0.1) is 0 Å². The molecule has 0 amide bonds. The van der Waals surface area contributed by atoms with Gasteiger partial charge in [0.15, 0.2) is 0 Å². The summed E-state index contributed by atoms with van der Waals surface area (Å²) in [7, 11) is 0. The molecule has 0 radical (unpaired) electrons. The zero-order valence-electron chi connectivity index (χ0n) is 4.51. The number of rotatable bonds is 0. The van der Waals surface area contributed by atoms with Crippen LogP contribution in [0.25, 0.3) is 0 Å². The highest BCUT2D eigenvalue weighted by atomic mass is 19.1. The topological polar surface area (TPSA) is 38.5 Å². The minimum atomic E-state index is -1.19. The van der Waals surface area contributed by atoms with E-state index in [9.17, 15) is 4.39 Å². The largest absolute Gasteiger partial charge is 0.346 e. The molecule has 0 bridgehead atoms. The first-order chi connectivity index (χ1) is 3.79. The smallest absolute Gasteiger partial charge is 0.213 e. The Morgan fingerprint density at radius 1 is 1.75 bits per heavy atom. The monoisotopic (exact) mass is 120 g/mol. The van der Waals surface area contributed by atoms with Crippen LogP contribution in [0.4, 0.5) is 4.39 Å². The lowest BCUT2D eigenvalue weighted by Crippen LogP contribution is -2.44. The van der Waals surface area contributed by atoms with E-state index in [0.717, 1.165) is 0 Å². The molecule has 0 spiro atoms. The molecule has 0 aromatic carbocycles. The van der Waals surface area contributed by atoms with Crippen molar-refractivity contribution < 1.29 is 9.13 Å². The number of hydrogen-bond donors (Lipinski definition) is 1. The van der Waals surface area contributed by atoms with Crippen LogP contribution in [0.1, 0.15) is 0 Å². The lowest BCUT2D eigenvalue weighted by molar-refractivity contribution is -0.0985. The molecule has 8 heavy (non-hydrogen) atoms. The molecular weight excluding hydrogens is 111 g/mol. The number of nitrogens with two attached hydrogens (primary N) is 1. The van der Waals surface area contributed by atoms with Gasteiger partial charge < -0.3 is 4.74 Å². The summed E-state index contributed by atoms with van der Waals surface area (Å²) in [6.07, 6.45) is -1.19. The van der Waals surface area contributed by atoms with Crippen LogP contribution in [0.5, 0.6) is 0 Å². The zero-order chi connectivity index (χ0) is 5.98. The van der Waals surface area contributed by atoms with Crippen LogP contribution in [0.2, 0.25) is 0 Å². The summed E-state index contributed by atoms with van der Waals surface area (Å²) in [5.41, 5.74) is 0. The molecule has 1 saturated heterocycles. The van der Waals surface area contributed by atoms with Gasteiger partial charge in [-0.25, -0.2) is 9.40 Å².